The first-order valence-corrected chi connectivity index (χ1v) is 12.1. The molecule has 4 rings (SSSR count). The number of piperidine rings is 1. The number of nitrogens with zero attached hydrogens (tertiary/aromatic N) is 1. The molecule has 2 aromatic carbocycles. The van der Waals surface area contributed by atoms with E-state index in [0.717, 1.165) is 46.1 Å². The van der Waals surface area contributed by atoms with Crippen LogP contribution in [0.5, 0.6) is 5.75 Å². The highest BCUT2D eigenvalue weighted by Gasteiger charge is 2.29. The van der Waals surface area contributed by atoms with Gasteiger partial charge in [-0.3, -0.25) is 9.59 Å². The minimum Gasteiger partial charge on any atom is -0.496 e. The van der Waals surface area contributed by atoms with Gasteiger partial charge in [0.1, 0.15) is 11.3 Å². The van der Waals surface area contributed by atoms with E-state index in [1.54, 1.807) is 31.3 Å². The van der Waals surface area contributed by atoms with Crippen molar-refractivity contribution < 1.29 is 23.5 Å². The predicted octanol–water partition coefficient (Wildman–Crippen LogP) is 5.93. The average Bonchev–Trinajstić information content (AvgIpc) is 3.26. The number of aryl methyl sites for hydroxylation is 2. The molecule has 0 spiro atoms. The third-order valence-corrected chi connectivity index (χ3v) is 6.69. The standard InChI is InChI=1S/C29H33NO5/c1-6-34-29(32)21-8-7-11-30(16-21)28(31)13-20(4)23-14-24-25(17-35-27(24)15-26(23)33-5)22-10-9-18(2)12-19(22)3/h9-10,12-15,17,21H,6-8,11,16H2,1-5H3/b20-13+. The first-order chi connectivity index (χ1) is 16.8. The van der Waals surface area contributed by atoms with Crippen LogP contribution in [0.25, 0.3) is 27.7 Å². The second kappa shape index (κ2) is 10.4. The van der Waals surface area contributed by atoms with Gasteiger partial charge in [0.05, 0.1) is 25.9 Å². The summed E-state index contributed by atoms with van der Waals surface area (Å²) in [6.07, 6.45) is 4.94. The van der Waals surface area contributed by atoms with Gasteiger partial charge in [-0.25, -0.2) is 0 Å². The van der Waals surface area contributed by atoms with Gasteiger partial charge in [0.15, 0.2) is 0 Å². The van der Waals surface area contributed by atoms with Crippen molar-refractivity contribution in [3.05, 3.63) is 59.4 Å². The fourth-order valence-corrected chi connectivity index (χ4v) is 4.84. The number of benzene rings is 2. The number of fused-ring (bicyclic) bond motifs is 1. The number of methoxy groups -OCH3 is 1. The van der Waals surface area contributed by atoms with Gasteiger partial charge in [-0.05, 0) is 63.3 Å². The number of hydrogen-bond acceptors (Lipinski definition) is 5. The highest BCUT2D eigenvalue weighted by molar-refractivity contribution is 6.00. The smallest absolute Gasteiger partial charge is 0.310 e. The summed E-state index contributed by atoms with van der Waals surface area (Å²) < 4.78 is 16.7. The summed E-state index contributed by atoms with van der Waals surface area (Å²) in [6, 6.07) is 10.3. The highest BCUT2D eigenvalue weighted by atomic mass is 16.5. The molecule has 2 heterocycles. The Morgan fingerprint density at radius 3 is 2.69 bits per heavy atom. The molecule has 1 amide bonds. The summed E-state index contributed by atoms with van der Waals surface area (Å²) in [5.74, 6) is 0.0410. The number of likely N-dealkylation sites (tertiary alicyclic amines) is 1. The van der Waals surface area contributed by atoms with E-state index in [9.17, 15) is 9.59 Å². The minimum absolute atomic E-state index is 0.111. The van der Waals surface area contributed by atoms with Crippen LogP contribution in [0.4, 0.5) is 0 Å². The molecule has 35 heavy (non-hydrogen) atoms. The molecule has 0 saturated carbocycles. The Morgan fingerprint density at radius 2 is 1.97 bits per heavy atom. The van der Waals surface area contributed by atoms with Crippen LogP contribution in [0.15, 0.2) is 47.1 Å². The number of esters is 1. The zero-order chi connectivity index (χ0) is 25.1. The molecule has 1 atom stereocenters. The number of rotatable bonds is 6. The summed E-state index contributed by atoms with van der Waals surface area (Å²) in [5, 5.41) is 0.966. The Bertz CT molecular complexity index is 1290. The van der Waals surface area contributed by atoms with Crippen molar-refractivity contribution in [1.29, 1.82) is 0 Å². The molecule has 1 fully saturated rings. The van der Waals surface area contributed by atoms with Crippen molar-refractivity contribution in [2.75, 3.05) is 26.8 Å². The van der Waals surface area contributed by atoms with Gasteiger partial charge in [-0.15, -0.1) is 0 Å². The Morgan fingerprint density at radius 1 is 1.17 bits per heavy atom. The molecule has 1 saturated heterocycles. The van der Waals surface area contributed by atoms with Crippen molar-refractivity contribution in [1.82, 2.24) is 4.90 Å². The molecule has 184 valence electrons. The third kappa shape index (κ3) is 5.11. The molecular formula is C29H33NO5. The van der Waals surface area contributed by atoms with Gasteiger partial charge in [0.2, 0.25) is 5.91 Å². The first kappa shape index (κ1) is 24.6. The summed E-state index contributed by atoms with van der Waals surface area (Å²) in [7, 11) is 1.61. The normalized spacial score (nSPS) is 16.4. The number of allylic oxidation sites excluding steroid dienone is 1. The van der Waals surface area contributed by atoms with Crippen LogP contribution in [0, 0.1) is 19.8 Å². The van der Waals surface area contributed by atoms with E-state index in [4.69, 9.17) is 13.9 Å². The Labute approximate surface area is 206 Å². The molecule has 0 radical (unpaired) electrons. The van der Waals surface area contributed by atoms with E-state index in [-0.39, 0.29) is 17.8 Å². The van der Waals surface area contributed by atoms with Crippen molar-refractivity contribution in [2.24, 2.45) is 5.92 Å². The van der Waals surface area contributed by atoms with Crippen molar-refractivity contribution >= 4 is 28.4 Å². The van der Waals surface area contributed by atoms with Crippen LogP contribution >= 0.6 is 0 Å². The SMILES string of the molecule is CCOC(=O)C1CCCN(C(=O)/C=C(\C)c2cc3c(-c4ccc(C)cc4C)coc3cc2OC)C1. The minimum atomic E-state index is -0.265. The van der Waals surface area contributed by atoms with E-state index in [1.807, 2.05) is 19.1 Å². The molecule has 6 heteroatoms. The number of carbonyl (C=O) groups excluding carboxylic acids is 2. The molecular weight excluding hydrogens is 442 g/mol. The summed E-state index contributed by atoms with van der Waals surface area (Å²) in [6.45, 7) is 9.25. The van der Waals surface area contributed by atoms with Gasteiger partial charge < -0.3 is 18.8 Å². The number of amides is 1. The topological polar surface area (TPSA) is 69.0 Å². The van der Waals surface area contributed by atoms with Gasteiger partial charge in [-0.1, -0.05) is 23.8 Å². The quantitative estimate of drug-likeness (QED) is 0.326. The van der Waals surface area contributed by atoms with E-state index in [2.05, 4.69) is 32.0 Å². The first-order valence-electron chi connectivity index (χ1n) is 12.1. The van der Waals surface area contributed by atoms with E-state index in [0.29, 0.717) is 25.4 Å². The van der Waals surface area contributed by atoms with Crippen LogP contribution in [-0.2, 0) is 14.3 Å². The van der Waals surface area contributed by atoms with Crippen molar-refractivity contribution in [2.45, 2.75) is 40.5 Å². The van der Waals surface area contributed by atoms with Crippen LogP contribution in [0.1, 0.15) is 43.4 Å². The van der Waals surface area contributed by atoms with Crippen LogP contribution in [0.2, 0.25) is 0 Å². The maximum Gasteiger partial charge on any atom is 0.310 e. The van der Waals surface area contributed by atoms with Crippen LogP contribution in [-0.4, -0.2) is 43.6 Å². The highest BCUT2D eigenvalue weighted by Crippen LogP contribution is 2.38. The maximum absolute atomic E-state index is 13.1. The van der Waals surface area contributed by atoms with Gasteiger partial charge in [0, 0.05) is 41.7 Å². The zero-order valence-corrected chi connectivity index (χ0v) is 21.1. The zero-order valence-electron chi connectivity index (χ0n) is 21.1. The Kier molecular flexibility index (Phi) is 7.29. The number of ether oxygens (including phenoxy) is 2. The number of hydrogen-bond donors (Lipinski definition) is 0. The monoisotopic (exact) mass is 475 g/mol. The van der Waals surface area contributed by atoms with Crippen molar-refractivity contribution in [3.63, 3.8) is 0 Å². The van der Waals surface area contributed by atoms with Gasteiger partial charge in [-0.2, -0.15) is 0 Å². The van der Waals surface area contributed by atoms with Crippen molar-refractivity contribution in [3.8, 4) is 16.9 Å². The maximum atomic E-state index is 13.1. The van der Waals surface area contributed by atoms with Gasteiger partial charge >= 0.3 is 5.97 Å². The molecule has 1 aromatic heterocycles. The third-order valence-electron chi connectivity index (χ3n) is 6.69. The van der Waals surface area contributed by atoms with Crippen LogP contribution in [0.3, 0.4) is 0 Å². The summed E-state index contributed by atoms with van der Waals surface area (Å²) in [4.78, 5) is 27.0. The molecule has 1 aliphatic rings. The fraction of sp³-hybridized carbons (Fsp3) is 0.379. The lowest BCUT2D eigenvalue weighted by atomic mass is 9.95. The van der Waals surface area contributed by atoms with E-state index in [1.165, 1.54) is 11.1 Å². The Hall–Kier alpha value is -3.54. The number of carbonyl (C=O) groups is 2. The second-order valence-electron chi connectivity index (χ2n) is 9.22. The molecule has 0 bridgehead atoms. The molecule has 1 unspecified atom stereocenters. The van der Waals surface area contributed by atoms with E-state index < -0.39 is 0 Å². The predicted molar refractivity (Wildman–Crippen MR) is 137 cm³/mol. The molecule has 0 N–H and O–H groups in total. The Balaban J connectivity index is 1.66. The van der Waals surface area contributed by atoms with Crippen LogP contribution < -0.4 is 4.74 Å². The summed E-state index contributed by atoms with van der Waals surface area (Å²) in [5.41, 5.74) is 6.86. The molecule has 6 nitrogen and oxygen atoms in total. The lowest BCUT2D eigenvalue weighted by Crippen LogP contribution is -2.42. The summed E-state index contributed by atoms with van der Waals surface area (Å²) >= 11 is 0. The second-order valence-corrected chi connectivity index (χ2v) is 9.22. The average molecular weight is 476 g/mol. The molecule has 1 aliphatic heterocycles. The van der Waals surface area contributed by atoms with E-state index >= 15 is 0 Å². The fourth-order valence-electron chi connectivity index (χ4n) is 4.84. The molecule has 3 aromatic rings. The lowest BCUT2D eigenvalue weighted by molar-refractivity contribution is -0.150. The van der Waals surface area contributed by atoms with Gasteiger partial charge in [0.25, 0.3) is 0 Å². The largest absolute Gasteiger partial charge is 0.496 e. The lowest BCUT2D eigenvalue weighted by Gasteiger charge is -2.31. The molecule has 0 aliphatic carbocycles. The number of furan rings is 1.